The summed E-state index contributed by atoms with van der Waals surface area (Å²) in [4.78, 5) is 11.9. The minimum atomic E-state index is -0.658. The SMILES string of the molecule is C#CCC(N)C(=O)Nc1c(C)cccc1C(C)C. The van der Waals surface area contributed by atoms with Crippen molar-refractivity contribution in [1.29, 1.82) is 0 Å². The monoisotopic (exact) mass is 244 g/mol. The van der Waals surface area contributed by atoms with Gasteiger partial charge in [-0.15, -0.1) is 12.3 Å². The standard InChI is InChI=1S/C15H20N2O/c1-5-7-13(16)15(18)17-14-11(4)8-6-9-12(14)10(2)3/h1,6,8-10,13H,7,16H2,2-4H3,(H,17,18). The fourth-order valence-corrected chi connectivity index (χ4v) is 1.78. The van der Waals surface area contributed by atoms with E-state index in [-0.39, 0.29) is 12.3 Å². The molecule has 1 rings (SSSR count). The van der Waals surface area contributed by atoms with Crippen molar-refractivity contribution in [3.8, 4) is 12.3 Å². The number of hydrogen-bond acceptors (Lipinski definition) is 2. The Labute approximate surface area is 109 Å². The first-order valence-corrected chi connectivity index (χ1v) is 6.06. The van der Waals surface area contributed by atoms with Gasteiger partial charge in [0.25, 0.3) is 0 Å². The van der Waals surface area contributed by atoms with E-state index in [4.69, 9.17) is 12.2 Å². The largest absolute Gasteiger partial charge is 0.324 e. The third-order valence-corrected chi connectivity index (χ3v) is 2.85. The van der Waals surface area contributed by atoms with Crippen LogP contribution in [-0.4, -0.2) is 11.9 Å². The third kappa shape index (κ3) is 3.35. The number of aryl methyl sites for hydroxylation is 1. The van der Waals surface area contributed by atoms with Gasteiger partial charge < -0.3 is 11.1 Å². The maximum Gasteiger partial charge on any atom is 0.242 e. The summed E-state index contributed by atoms with van der Waals surface area (Å²) in [6.07, 6.45) is 5.40. The Kier molecular flexibility index (Phi) is 4.94. The van der Waals surface area contributed by atoms with Crippen LogP contribution in [0.25, 0.3) is 0 Å². The lowest BCUT2D eigenvalue weighted by atomic mass is 9.98. The first-order chi connectivity index (χ1) is 8.47. The molecule has 0 aliphatic rings. The third-order valence-electron chi connectivity index (χ3n) is 2.85. The Morgan fingerprint density at radius 3 is 2.72 bits per heavy atom. The molecule has 18 heavy (non-hydrogen) atoms. The van der Waals surface area contributed by atoms with Crippen molar-refractivity contribution in [1.82, 2.24) is 0 Å². The Balaban J connectivity index is 2.97. The molecule has 96 valence electrons. The molecule has 3 N–H and O–H groups in total. The smallest absolute Gasteiger partial charge is 0.242 e. The van der Waals surface area contributed by atoms with Gasteiger partial charge in [0.1, 0.15) is 0 Å². The molecule has 1 unspecified atom stereocenters. The zero-order valence-corrected chi connectivity index (χ0v) is 11.2. The topological polar surface area (TPSA) is 55.1 Å². The second kappa shape index (κ2) is 6.23. The Bertz CT molecular complexity index is 472. The fourth-order valence-electron chi connectivity index (χ4n) is 1.78. The van der Waals surface area contributed by atoms with Gasteiger partial charge >= 0.3 is 0 Å². The number of para-hydroxylation sites is 1. The van der Waals surface area contributed by atoms with Crippen LogP contribution in [0, 0.1) is 19.3 Å². The predicted octanol–water partition coefficient (Wildman–Crippen LogP) is 2.41. The molecule has 0 aliphatic carbocycles. The van der Waals surface area contributed by atoms with Gasteiger partial charge in [0, 0.05) is 12.1 Å². The van der Waals surface area contributed by atoms with E-state index < -0.39 is 6.04 Å². The van der Waals surface area contributed by atoms with Gasteiger partial charge in [-0.2, -0.15) is 0 Å². The number of nitrogens with one attached hydrogen (secondary N) is 1. The van der Waals surface area contributed by atoms with Crippen LogP contribution in [0.4, 0.5) is 5.69 Å². The molecule has 0 fully saturated rings. The summed E-state index contributed by atoms with van der Waals surface area (Å²) in [7, 11) is 0. The molecule has 0 radical (unpaired) electrons. The van der Waals surface area contributed by atoms with E-state index in [0.29, 0.717) is 5.92 Å². The second-order valence-corrected chi connectivity index (χ2v) is 4.70. The van der Waals surface area contributed by atoms with Gasteiger partial charge in [0.15, 0.2) is 0 Å². The number of terminal acetylenes is 1. The van der Waals surface area contributed by atoms with Crippen LogP contribution in [-0.2, 0) is 4.79 Å². The maximum atomic E-state index is 11.9. The van der Waals surface area contributed by atoms with E-state index in [1.165, 1.54) is 0 Å². The molecular formula is C15H20N2O. The molecule has 0 saturated heterocycles. The summed E-state index contributed by atoms with van der Waals surface area (Å²) in [5, 5.41) is 2.89. The van der Waals surface area contributed by atoms with Crippen molar-refractivity contribution < 1.29 is 4.79 Å². The minimum Gasteiger partial charge on any atom is -0.324 e. The summed E-state index contributed by atoms with van der Waals surface area (Å²) >= 11 is 0. The van der Waals surface area contributed by atoms with Crippen LogP contribution >= 0.6 is 0 Å². The van der Waals surface area contributed by atoms with Crippen molar-refractivity contribution in [2.45, 2.75) is 39.2 Å². The lowest BCUT2D eigenvalue weighted by Crippen LogP contribution is -2.35. The van der Waals surface area contributed by atoms with Gasteiger partial charge in [0.05, 0.1) is 6.04 Å². The molecule has 3 nitrogen and oxygen atoms in total. The molecule has 0 bridgehead atoms. The average molecular weight is 244 g/mol. The van der Waals surface area contributed by atoms with Crippen molar-refractivity contribution in [3.63, 3.8) is 0 Å². The summed E-state index contributed by atoms with van der Waals surface area (Å²) in [5.74, 6) is 2.51. The summed E-state index contributed by atoms with van der Waals surface area (Å²) in [5.41, 5.74) is 8.69. The first kappa shape index (κ1) is 14.3. The van der Waals surface area contributed by atoms with Crippen LogP contribution in [0.5, 0.6) is 0 Å². The lowest BCUT2D eigenvalue weighted by molar-refractivity contribution is -0.117. The number of anilines is 1. The fraction of sp³-hybridized carbons (Fsp3) is 0.400. The number of carbonyl (C=O) groups excluding carboxylic acids is 1. The highest BCUT2D eigenvalue weighted by atomic mass is 16.2. The normalized spacial score (nSPS) is 12.0. The number of rotatable bonds is 4. The summed E-state index contributed by atoms with van der Waals surface area (Å²) in [6, 6.07) is 5.31. The van der Waals surface area contributed by atoms with Crippen molar-refractivity contribution in [2.75, 3.05) is 5.32 Å². The van der Waals surface area contributed by atoms with Gasteiger partial charge in [-0.3, -0.25) is 4.79 Å². The highest BCUT2D eigenvalue weighted by Crippen LogP contribution is 2.27. The summed E-state index contributed by atoms with van der Waals surface area (Å²) < 4.78 is 0. The van der Waals surface area contributed by atoms with E-state index in [2.05, 4.69) is 25.1 Å². The number of nitrogens with two attached hydrogens (primary N) is 1. The number of hydrogen-bond donors (Lipinski definition) is 2. The van der Waals surface area contributed by atoms with Gasteiger partial charge in [-0.25, -0.2) is 0 Å². The van der Waals surface area contributed by atoms with Crippen LogP contribution in [0.2, 0.25) is 0 Å². The molecule has 1 aromatic rings. The molecule has 1 amide bonds. The molecule has 0 aliphatic heterocycles. The zero-order valence-electron chi connectivity index (χ0n) is 11.2. The Morgan fingerprint density at radius 2 is 2.17 bits per heavy atom. The molecule has 1 atom stereocenters. The van der Waals surface area contributed by atoms with Crippen molar-refractivity contribution in [2.24, 2.45) is 5.73 Å². The molecule has 1 aromatic carbocycles. The molecule has 0 aromatic heterocycles. The molecule has 0 heterocycles. The number of amides is 1. The van der Waals surface area contributed by atoms with Crippen LogP contribution in [0.1, 0.15) is 37.3 Å². The first-order valence-electron chi connectivity index (χ1n) is 6.06. The zero-order chi connectivity index (χ0) is 13.7. The molecule has 3 heteroatoms. The van der Waals surface area contributed by atoms with E-state index in [9.17, 15) is 4.79 Å². The van der Waals surface area contributed by atoms with Crippen LogP contribution < -0.4 is 11.1 Å². The second-order valence-electron chi connectivity index (χ2n) is 4.70. The minimum absolute atomic E-state index is 0.232. The summed E-state index contributed by atoms with van der Waals surface area (Å²) in [6.45, 7) is 6.14. The Hall–Kier alpha value is -1.79. The van der Waals surface area contributed by atoms with Gasteiger partial charge in [-0.1, -0.05) is 32.0 Å². The van der Waals surface area contributed by atoms with E-state index >= 15 is 0 Å². The average Bonchev–Trinajstić information content (AvgIpc) is 2.31. The van der Waals surface area contributed by atoms with Gasteiger partial charge in [0.2, 0.25) is 5.91 Å². The highest BCUT2D eigenvalue weighted by Gasteiger charge is 2.16. The van der Waals surface area contributed by atoms with E-state index in [1.807, 2.05) is 25.1 Å². The quantitative estimate of drug-likeness (QED) is 0.799. The van der Waals surface area contributed by atoms with Crippen LogP contribution in [0.3, 0.4) is 0 Å². The Morgan fingerprint density at radius 1 is 1.50 bits per heavy atom. The highest BCUT2D eigenvalue weighted by molar-refractivity contribution is 5.96. The molecular weight excluding hydrogens is 224 g/mol. The molecule has 0 saturated carbocycles. The number of benzene rings is 1. The van der Waals surface area contributed by atoms with E-state index in [1.54, 1.807) is 0 Å². The molecule has 0 spiro atoms. The van der Waals surface area contributed by atoms with Crippen molar-refractivity contribution in [3.05, 3.63) is 29.3 Å². The van der Waals surface area contributed by atoms with E-state index in [0.717, 1.165) is 16.8 Å². The van der Waals surface area contributed by atoms with Gasteiger partial charge in [-0.05, 0) is 24.0 Å². The van der Waals surface area contributed by atoms with Crippen molar-refractivity contribution >= 4 is 11.6 Å². The predicted molar refractivity (Wildman–Crippen MR) is 75.3 cm³/mol. The maximum absolute atomic E-state index is 11.9. The van der Waals surface area contributed by atoms with Crippen LogP contribution in [0.15, 0.2) is 18.2 Å². The number of carbonyl (C=O) groups is 1. The lowest BCUT2D eigenvalue weighted by Gasteiger charge is -2.18.